The summed E-state index contributed by atoms with van der Waals surface area (Å²) in [5, 5.41) is 0. The molecule has 0 bridgehead atoms. The zero-order valence-electron chi connectivity index (χ0n) is 13.5. The molecule has 1 saturated heterocycles. The summed E-state index contributed by atoms with van der Waals surface area (Å²) in [5.74, 6) is 1.57. The van der Waals surface area contributed by atoms with Gasteiger partial charge in [0, 0.05) is 6.42 Å². The molecule has 0 radical (unpaired) electrons. The molecule has 1 aromatic carbocycles. The summed E-state index contributed by atoms with van der Waals surface area (Å²) in [6.07, 6.45) is 4.64. The van der Waals surface area contributed by atoms with Crippen molar-refractivity contribution in [2.45, 2.75) is 45.2 Å². The molecular formula is C17H28N2O2. The van der Waals surface area contributed by atoms with Crippen molar-refractivity contribution in [3.63, 3.8) is 0 Å². The molecular weight excluding hydrogens is 264 g/mol. The predicted octanol–water partition coefficient (Wildman–Crippen LogP) is 2.80. The molecule has 21 heavy (non-hydrogen) atoms. The summed E-state index contributed by atoms with van der Waals surface area (Å²) in [6, 6.07) is 6.10. The molecule has 1 heterocycles. The van der Waals surface area contributed by atoms with Crippen LogP contribution in [-0.4, -0.2) is 37.4 Å². The van der Waals surface area contributed by atoms with Crippen molar-refractivity contribution in [2.75, 3.05) is 26.8 Å². The fourth-order valence-electron chi connectivity index (χ4n) is 3.03. The van der Waals surface area contributed by atoms with Gasteiger partial charge in [0.2, 0.25) is 0 Å². The Hall–Kier alpha value is -1.26. The van der Waals surface area contributed by atoms with Gasteiger partial charge in [-0.1, -0.05) is 12.5 Å². The molecule has 1 unspecified atom stereocenters. The van der Waals surface area contributed by atoms with E-state index in [9.17, 15) is 0 Å². The van der Waals surface area contributed by atoms with E-state index in [1.807, 2.05) is 19.1 Å². The highest BCUT2D eigenvalue weighted by Gasteiger charge is 2.28. The van der Waals surface area contributed by atoms with Gasteiger partial charge >= 0.3 is 0 Å². The average molecular weight is 292 g/mol. The summed E-state index contributed by atoms with van der Waals surface area (Å²) < 4.78 is 11.0. The molecule has 2 N–H and O–H groups in total. The first-order valence-electron chi connectivity index (χ1n) is 7.90. The Labute approximate surface area is 128 Å². The molecule has 1 aliphatic rings. The second kappa shape index (κ2) is 7.14. The van der Waals surface area contributed by atoms with Crippen LogP contribution in [0.2, 0.25) is 0 Å². The van der Waals surface area contributed by atoms with Gasteiger partial charge in [0.25, 0.3) is 0 Å². The molecule has 118 valence electrons. The Morgan fingerprint density at radius 3 is 2.52 bits per heavy atom. The van der Waals surface area contributed by atoms with Crippen LogP contribution in [0.3, 0.4) is 0 Å². The highest BCUT2D eigenvalue weighted by molar-refractivity contribution is 5.43. The second-order valence-electron chi connectivity index (χ2n) is 6.00. The van der Waals surface area contributed by atoms with E-state index in [-0.39, 0.29) is 5.66 Å². The van der Waals surface area contributed by atoms with E-state index in [0.29, 0.717) is 6.61 Å². The van der Waals surface area contributed by atoms with Crippen LogP contribution in [0.25, 0.3) is 0 Å². The van der Waals surface area contributed by atoms with Crippen LogP contribution in [0.1, 0.15) is 38.7 Å². The third-order valence-electron chi connectivity index (χ3n) is 4.17. The van der Waals surface area contributed by atoms with E-state index >= 15 is 0 Å². The summed E-state index contributed by atoms with van der Waals surface area (Å²) >= 11 is 0. The van der Waals surface area contributed by atoms with Crippen molar-refractivity contribution < 1.29 is 9.47 Å². The van der Waals surface area contributed by atoms with E-state index < -0.39 is 0 Å². The largest absolute Gasteiger partial charge is 0.493 e. The second-order valence-corrected chi connectivity index (χ2v) is 6.00. The first-order valence-corrected chi connectivity index (χ1v) is 7.90. The molecule has 1 atom stereocenters. The van der Waals surface area contributed by atoms with E-state index in [2.05, 4.69) is 17.9 Å². The first kappa shape index (κ1) is 16.1. The standard InChI is InChI=1S/C17H28N2O2/c1-4-21-15-9-8-14(12-16(15)20-3)13-17(2,18)19-10-6-5-7-11-19/h8-9,12H,4-7,10-11,13,18H2,1-3H3. The molecule has 2 rings (SSSR count). The predicted molar refractivity (Wildman–Crippen MR) is 85.9 cm³/mol. The molecule has 1 aromatic rings. The number of hydrogen-bond donors (Lipinski definition) is 1. The van der Waals surface area contributed by atoms with Gasteiger partial charge in [-0.25, -0.2) is 0 Å². The monoisotopic (exact) mass is 292 g/mol. The number of piperidine rings is 1. The summed E-state index contributed by atoms with van der Waals surface area (Å²) in [6.45, 7) is 6.93. The lowest BCUT2D eigenvalue weighted by molar-refractivity contribution is 0.0855. The lowest BCUT2D eigenvalue weighted by Crippen LogP contribution is -2.56. The Morgan fingerprint density at radius 2 is 1.90 bits per heavy atom. The Balaban J connectivity index is 2.10. The van der Waals surface area contributed by atoms with E-state index in [4.69, 9.17) is 15.2 Å². The quantitative estimate of drug-likeness (QED) is 0.876. The number of ether oxygens (including phenoxy) is 2. The number of nitrogens with zero attached hydrogens (tertiary/aromatic N) is 1. The fourth-order valence-corrected chi connectivity index (χ4v) is 3.03. The van der Waals surface area contributed by atoms with E-state index in [1.54, 1.807) is 7.11 Å². The topological polar surface area (TPSA) is 47.7 Å². The molecule has 1 aliphatic heterocycles. The normalized spacial score (nSPS) is 19.0. The summed E-state index contributed by atoms with van der Waals surface area (Å²) in [7, 11) is 1.67. The van der Waals surface area contributed by atoms with Crippen molar-refractivity contribution >= 4 is 0 Å². The number of rotatable bonds is 6. The van der Waals surface area contributed by atoms with Crippen LogP contribution in [0.4, 0.5) is 0 Å². The minimum Gasteiger partial charge on any atom is -0.493 e. The van der Waals surface area contributed by atoms with E-state index in [0.717, 1.165) is 31.0 Å². The lowest BCUT2D eigenvalue weighted by Gasteiger charge is -2.41. The molecule has 1 fully saturated rings. The van der Waals surface area contributed by atoms with E-state index in [1.165, 1.54) is 24.8 Å². The molecule has 0 aromatic heterocycles. The number of hydrogen-bond acceptors (Lipinski definition) is 4. The van der Waals surface area contributed by atoms with Crippen LogP contribution in [0.15, 0.2) is 18.2 Å². The zero-order chi connectivity index (χ0) is 15.3. The highest BCUT2D eigenvalue weighted by Crippen LogP contribution is 2.30. The maximum Gasteiger partial charge on any atom is 0.161 e. The molecule has 0 amide bonds. The van der Waals surface area contributed by atoms with Crippen molar-refractivity contribution in [1.29, 1.82) is 0 Å². The van der Waals surface area contributed by atoms with Crippen molar-refractivity contribution in [3.05, 3.63) is 23.8 Å². The van der Waals surface area contributed by atoms with Crippen LogP contribution in [0, 0.1) is 0 Å². The van der Waals surface area contributed by atoms with Gasteiger partial charge in [0.1, 0.15) is 0 Å². The van der Waals surface area contributed by atoms with Gasteiger partial charge in [0.05, 0.1) is 19.4 Å². The third kappa shape index (κ3) is 4.11. The Morgan fingerprint density at radius 1 is 1.19 bits per heavy atom. The van der Waals surface area contributed by atoms with Gasteiger partial charge in [-0.15, -0.1) is 0 Å². The van der Waals surface area contributed by atoms with Crippen LogP contribution >= 0.6 is 0 Å². The zero-order valence-corrected chi connectivity index (χ0v) is 13.5. The van der Waals surface area contributed by atoms with Gasteiger partial charge in [-0.3, -0.25) is 4.90 Å². The minimum absolute atomic E-state index is 0.307. The third-order valence-corrected chi connectivity index (χ3v) is 4.17. The van der Waals surface area contributed by atoms with Crippen molar-refractivity contribution in [3.8, 4) is 11.5 Å². The van der Waals surface area contributed by atoms with Gasteiger partial charge in [-0.05, 0) is 57.5 Å². The van der Waals surface area contributed by atoms with Gasteiger partial charge in [-0.2, -0.15) is 0 Å². The SMILES string of the molecule is CCOc1ccc(CC(C)(N)N2CCCCC2)cc1OC. The fraction of sp³-hybridized carbons (Fsp3) is 0.647. The van der Waals surface area contributed by atoms with Crippen LogP contribution in [-0.2, 0) is 6.42 Å². The first-order chi connectivity index (χ1) is 10.1. The number of nitrogens with two attached hydrogens (primary N) is 1. The van der Waals surface area contributed by atoms with Gasteiger partial charge in [0.15, 0.2) is 11.5 Å². The average Bonchev–Trinajstić information content (AvgIpc) is 2.49. The van der Waals surface area contributed by atoms with Crippen molar-refractivity contribution in [1.82, 2.24) is 4.90 Å². The summed E-state index contributed by atoms with van der Waals surface area (Å²) in [5.41, 5.74) is 7.44. The lowest BCUT2D eigenvalue weighted by atomic mass is 9.97. The molecule has 0 aliphatic carbocycles. The maximum atomic E-state index is 6.57. The number of likely N-dealkylation sites (tertiary alicyclic amines) is 1. The van der Waals surface area contributed by atoms with Gasteiger partial charge < -0.3 is 15.2 Å². The van der Waals surface area contributed by atoms with Crippen molar-refractivity contribution in [2.24, 2.45) is 5.73 Å². The highest BCUT2D eigenvalue weighted by atomic mass is 16.5. The molecule has 4 heteroatoms. The molecule has 4 nitrogen and oxygen atoms in total. The maximum absolute atomic E-state index is 6.57. The Bertz CT molecular complexity index is 454. The smallest absolute Gasteiger partial charge is 0.161 e. The number of methoxy groups -OCH3 is 1. The van der Waals surface area contributed by atoms with Crippen LogP contribution in [0.5, 0.6) is 11.5 Å². The Kier molecular flexibility index (Phi) is 5.48. The summed E-state index contributed by atoms with van der Waals surface area (Å²) in [4.78, 5) is 2.40. The van der Waals surface area contributed by atoms with Crippen LogP contribution < -0.4 is 15.2 Å². The number of benzene rings is 1. The molecule has 0 spiro atoms. The molecule has 0 saturated carbocycles. The minimum atomic E-state index is -0.307.